The van der Waals surface area contributed by atoms with Crippen LogP contribution in [0.4, 0.5) is 0 Å². The number of nitrogens with one attached hydrogen (secondary N) is 1. The molecule has 1 aliphatic rings. The first-order valence-corrected chi connectivity index (χ1v) is 8.27. The molecule has 0 amide bonds. The molecule has 104 valence electrons. The zero-order valence-corrected chi connectivity index (χ0v) is 12.8. The summed E-state index contributed by atoms with van der Waals surface area (Å²) in [6.45, 7) is 4.20. The predicted molar refractivity (Wildman–Crippen MR) is 85.6 cm³/mol. The van der Waals surface area contributed by atoms with Gasteiger partial charge in [0.25, 0.3) is 0 Å². The summed E-state index contributed by atoms with van der Waals surface area (Å²) in [6.07, 6.45) is 0. The van der Waals surface area contributed by atoms with Crippen LogP contribution in [0.15, 0.2) is 18.2 Å². The summed E-state index contributed by atoms with van der Waals surface area (Å²) in [6, 6.07) is 7.84. The Hall–Kier alpha value is -1.29. The zero-order chi connectivity index (χ0) is 13.9. The second-order valence-electron chi connectivity index (χ2n) is 4.88. The van der Waals surface area contributed by atoms with Gasteiger partial charge in [0, 0.05) is 37.7 Å². The lowest BCUT2D eigenvalue weighted by molar-refractivity contribution is 0.290. The Morgan fingerprint density at radius 1 is 1.30 bits per heavy atom. The summed E-state index contributed by atoms with van der Waals surface area (Å²) < 4.78 is 2.84. The lowest BCUT2D eigenvalue weighted by Gasteiger charge is -2.26. The number of thioether (sulfide) groups is 1. The van der Waals surface area contributed by atoms with Gasteiger partial charge in [0.15, 0.2) is 4.77 Å². The van der Waals surface area contributed by atoms with Crippen LogP contribution < -0.4 is 0 Å². The van der Waals surface area contributed by atoms with Crippen LogP contribution in [0.1, 0.15) is 5.56 Å². The molecule has 2 heterocycles. The smallest absolute Gasteiger partial charge is 0.178 e. The van der Waals surface area contributed by atoms with Crippen molar-refractivity contribution in [3.8, 4) is 6.07 Å². The molecular formula is C14H16N4S2. The van der Waals surface area contributed by atoms with E-state index in [1.807, 2.05) is 30.0 Å². The van der Waals surface area contributed by atoms with Gasteiger partial charge >= 0.3 is 0 Å². The third kappa shape index (κ3) is 2.75. The summed E-state index contributed by atoms with van der Waals surface area (Å²) in [5.74, 6) is 2.44. The fourth-order valence-electron chi connectivity index (χ4n) is 2.51. The summed E-state index contributed by atoms with van der Waals surface area (Å²) in [4.78, 5) is 5.69. The number of nitrogens with zero attached hydrogens (tertiary/aromatic N) is 3. The molecule has 1 fully saturated rings. The molecule has 1 aromatic heterocycles. The van der Waals surface area contributed by atoms with Gasteiger partial charge in [-0.15, -0.1) is 0 Å². The minimum absolute atomic E-state index is 0.676. The van der Waals surface area contributed by atoms with Crippen LogP contribution in [0, 0.1) is 16.1 Å². The number of hydrogen-bond donors (Lipinski definition) is 1. The largest absolute Gasteiger partial charge is 0.331 e. The Labute approximate surface area is 127 Å². The van der Waals surface area contributed by atoms with Crippen molar-refractivity contribution in [1.29, 1.82) is 5.26 Å². The van der Waals surface area contributed by atoms with Crippen molar-refractivity contribution in [2.45, 2.75) is 6.54 Å². The van der Waals surface area contributed by atoms with Gasteiger partial charge in [-0.2, -0.15) is 17.0 Å². The number of imidazole rings is 1. The van der Waals surface area contributed by atoms with Crippen LogP contribution in [-0.4, -0.2) is 45.6 Å². The average molecular weight is 304 g/mol. The van der Waals surface area contributed by atoms with Crippen LogP contribution in [0.2, 0.25) is 0 Å². The van der Waals surface area contributed by atoms with Crippen LogP contribution >= 0.6 is 24.0 Å². The second-order valence-corrected chi connectivity index (χ2v) is 6.49. The quantitative estimate of drug-likeness (QED) is 0.886. The molecular weight excluding hydrogens is 288 g/mol. The molecule has 0 atom stereocenters. The van der Waals surface area contributed by atoms with Crippen LogP contribution in [0.25, 0.3) is 11.0 Å². The molecule has 0 saturated carbocycles. The van der Waals surface area contributed by atoms with Gasteiger partial charge in [0.1, 0.15) is 0 Å². The Kier molecular flexibility index (Phi) is 4.10. The lowest BCUT2D eigenvalue weighted by Crippen LogP contribution is -2.35. The molecule has 4 nitrogen and oxygen atoms in total. The van der Waals surface area contributed by atoms with Crippen molar-refractivity contribution in [2.24, 2.45) is 0 Å². The van der Waals surface area contributed by atoms with E-state index in [4.69, 9.17) is 17.5 Å². The highest BCUT2D eigenvalue weighted by Crippen LogP contribution is 2.16. The molecule has 0 spiro atoms. The van der Waals surface area contributed by atoms with Crippen molar-refractivity contribution in [3.63, 3.8) is 0 Å². The van der Waals surface area contributed by atoms with Gasteiger partial charge in [-0.05, 0) is 30.4 Å². The molecule has 2 aromatic rings. The van der Waals surface area contributed by atoms with E-state index < -0.39 is 0 Å². The minimum atomic E-state index is 0.676. The molecule has 3 rings (SSSR count). The van der Waals surface area contributed by atoms with Gasteiger partial charge in [-0.25, -0.2) is 0 Å². The highest BCUT2D eigenvalue weighted by molar-refractivity contribution is 7.99. The fourth-order valence-corrected chi connectivity index (χ4v) is 3.79. The molecule has 0 bridgehead atoms. The molecule has 6 heteroatoms. The predicted octanol–water partition coefficient (Wildman–Crippen LogP) is 2.62. The number of H-pyrrole nitrogens is 1. The van der Waals surface area contributed by atoms with E-state index in [-0.39, 0.29) is 0 Å². The number of hydrogen-bond acceptors (Lipinski definition) is 4. The molecule has 0 radical (unpaired) electrons. The minimum Gasteiger partial charge on any atom is -0.331 e. The van der Waals surface area contributed by atoms with Gasteiger partial charge in [0.05, 0.1) is 22.7 Å². The third-order valence-corrected chi connectivity index (χ3v) is 4.91. The Balaban J connectivity index is 1.84. The molecule has 1 saturated heterocycles. The van der Waals surface area contributed by atoms with E-state index in [9.17, 15) is 0 Å². The molecule has 0 unspecified atom stereocenters. The molecule has 1 aromatic carbocycles. The van der Waals surface area contributed by atoms with Gasteiger partial charge in [0.2, 0.25) is 0 Å². The highest BCUT2D eigenvalue weighted by atomic mass is 32.2. The van der Waals surface area contributed by atoms with Crippen LogP contribution in [0.5, 0.6) is 0 Å². The highest BCUT2D eigenvalue weighted by Gasteiger charge is 2.11. The number of rotatable bonds is 3. The lowest BCUT2D eigenvalue weighted by atomic mass is 10.2. The first kappa shape index (κ1) is 13.7. The molecule has 1 aliphatic heterocycles. The number of aromatic amines is 1. The van der Waals surface area contributed by atoms with E-state index >= 15 is 0 Å². The van der Waals surface area contributed by atoms with Crippen molar-refractivity contribution >= 4 is 35.0 Å². The first-order chi connectivity index (χ1) is 9.78. The maximum Gasteiger partial charge on any atom is 0.178 e. The van der Waals surface area contributed by atoms with Gasteiger partial charge in [-0.1, -0.05) is 0 Å². The average Bonchev–Trinajstić information content (AvgIpc) is 2.80. The van der Waals surface area contributed by atoms with E-state index in [1.54, 1.807) is 0 Å². The Morgan fingerprint density at radius 3 is 2.85 bits per heavy atom. The summed E-state index contributed by atoms with van der Waals surface area (Å²) >= 11 is 7.42. The normalized spacial score (nSPS) is 16.4. The summed E-state index contributed by atoms with van der Waals surface area (Å²) in [7, 11) is 0. The SMILES string of the molecule is N#Cc1ccc2[nH]c(=S)n(CCN3CCSCC3)c2c1. The monoisotopic (exact) mass is 304 g/mol. The van der Waals surface area contributed by atoms with Crippen molar-refractivity contribution in [3.05, 3.63) is 28.5 Å². The van der Waals surface area contributed by atoms with Crippen LogP contribution in [-0.2, 0) is 6.54 Å². The molecule has 20 heavy (non-hydrogen) atoms. The van der Waals surface area contributed by atoms with Crippen molar-refractivity contribution in [1.82, 2.24) is 14.5 Å². The number of fused-ring (bicyclic) bond motifs is 1. The maximum absolute atomic E-state index is 9.02. The van der Waals surface area contributed by atoms with E-state index in [0.717, 1.165) is 42.0 Å². The summed E-state index contributed by atoms with van der Waals surface area (Å²) in [5.41, 5.74) is 2.71. The topological polar surface area (TPSA) is 47.8 Å². The van der Waals surface area contributed by atoms with E-state index in [2.05, 4.69) is 20.5 Å². The number of aromatic nitrogens is 2. The van der Waals surface area contributed by atoms with Gasteiger partial charge in [-0.3, -0.25) is 4.90 Å². The fraction of sp³-hybridized carbons (Fsp3) is 0.429. The first-order valence-electron chi connectivity index (χ1n) is 6.71. The summed E-state index contributed by atoms with van der Waals surface area (Å²) in [5, 5.41) is 9.02. The standard InChI is InChI=1S/C14H16N4S2/c15-10-11-1-2-12-13(9-11)18(14(19)16-12)4-3-17-5-7-20-8-6-17/h1-2,9H,3-8H2,(H,16,19). The van der Waals surface area contributed by atoms with Crippen molar-refractivity contribution in [2.75, 3.05) is 31.1 Å². The Bertz CT molecular complexity index is 704. The number of nitriles is 1. The zero-order valence-electron chi connectivity index (χ0n) is 11.1. The van der Waals surface area contributed by atoms with E-state index in [1.165, 1.54) is 11.5 Å². The van der Waals surface area contributed by atoms with Gasteiger partial charge < -0.3 is 9.55 Å². The molecule has 0 aliphatic carbocycles. The van der Waals surface area contributed by atoms with Crippen molar-refractivity contribution < 1.29 is 0 Å². The second kappa shape index (κ2) is 6.00. The van der Waals surface area contributed by atoms with E-state index in [0.29, 0.717) is 5.56 Å². The Morgan fingerprint density at radius 2 is 2.10 bits per heavy atom. The maximum atomic E-state index is 9.02. The number of benzene rings is 1. The van der Waals surface area contributed by atoms with Crippen LogP contribution in [0.3, 0.4) is 0 Å². The third-order valence-electron chi connectivity index (χ3n) is 3.65. The molecule has 1 N–H and O–H groups in total.